The van der Waals surface area contributed by atoms with Crippen LogP contribution >= 0.6 is 0 Å². The summed E-state index contributed by atoms with van der Waals surface area (Å²) < 4.78 is 26.9. The van der Waals surface area contributed by atoms with Gasteiger partial charge in [0.2, 0.25) is 10.0 Å². The lowest BCUT2D eigenvalue weighted by atomic mass is 10.2. The summed E-state index contributed by atoms with van der Waals surface area (Å²) in [5.74, 6) is 0. The summed E-state index contributed by atoms with van der Waals surface area (Å²) in [6, 6.07) is 0.945. The maximum Gasteiger partial charge on any atom is 0.215 e. The van der Waals surface area contributed by atoms with Gasteiger partial charge in [-0.15, -0.1) is 0 Å². The van der Waals surface area contributed by atoms with Gasteiger partial charge in [-0.2, -0.15) is 0 Å². The standard InChI is InChI=1S/C14H31N3O2S/c1-12(2)15-11-13(3)20(18,19)16-9-10-17(4)14-7-5-6-8-14/h12-16H,5-11H2,1-4H3. The molecule has 120 valence electrons. The number of hydrogen-bond donors (Lipinski definition) is 2. The Balaban J connectivity index is 2.27. The fourth-order valence-electron chi connectivity index (χ4n) is 2.55. The molecule has 1 saturated carbocycles. The largest absolute Gasteiger partial charge is 0.313 e. The number of rotatable bonds is 9. The predicted molar refractivity (Wildman–Crippen MR) is 84.4 cm³/mol. The first kappa shape index (κ1) is 17.9. The van der Waals surface area contributed by atoms with E-state index >= 15 is 0 Å². The minimum atomic E-state index is -3.21. The highest BCUT2D eigenvalue weighted by atomic mass is 32.2. The van der Waals surface area contributed by atoms with Gasteiger partial charge in [0.25, 0.3) is 0 Å². The second kappa shape index (κ2) is 8.32. The van der Waals surface area contributed by atoms with Gasteiger partial charge in [-0.05, 0) is 26.8 Å². The fraction of sp³-hybridized carbons (Fsp3) is 1.00. The van der Waals surface area contributed by atoms with Gasteiger partial charge in [0.15, 0.2) is 0 Å². The Morgan fingerprint density at radius 1 is 1.20 bits per heavy atom. The van der Waals surface area contributed by atoms with E-state index in [-0.39, 0.29) is 0 Å². The van der Waals surface area contributed by atoms with Crippen molar-refractivity contribution in [3.05, 3.63) is 0 Å². The molecule has 1 atom stereocenters. The summed E-state index contributed by atoms with van der Waals surface area (Å²) in [6.45, 7) is 7.56. The first-order valence-corrected chi connectivity index (χ1v) is 9.29. The molecule has 1 aliphatic carbocycles. The molecule has 0 aromatic heterocycles. The fourth-order valence-corrected chi connectivity index (χ4v) is 3.52. The molecular weight excluding hydrogens is 274 g/mol. The average Bonchev–Trinajstić information content (AvgIpc) is 2.89. The number of hydrogen-bond acceptors (Lipinski definition) is 4. The summed E-state index contributed by atoms with van der Waals surface area (Å²) in [7, 11) is -1.12. The Kier molecular flexibility index (Phi) is 7.43. The zero-order valence-corrected chi connectivity index (χ0v) is 14.2. The van der Waals surface area contributed by atoms with Gasteiger partial charge >= 0.3 is 0 Å². The van der Waals surface area contributed by atoms with Gasteiger partial charge < -0.3 is 10.2 Å². The van der Waals surface area contributed by atoms with E-state index in [0.29, 0.717) is 25.2 Å². The molecule has 1 fully saturated rings. The van der Waals surface area contributed by atoms with Crippen LogP contribution in [-0.4, -0.2) is 57.3 Å². The van der Waals surface area contributed by atoms with Crippen LogP contribution in [0.3, 0.4) is 0 Å². The molecule has 0 heterocycles. The SMILES string of the molecule is CC(C)NCC(C)S(=O)(=O)NCCN(C)C1CCCC1. The van der Waals surface area contributed by atoms with Crippen molar-refractivity contribution in [2.45, 2.75) is 63.8 Å². The molecule has 0 aliphatic heterocycles. The average molecular weight is 305 g/mol. The van der Waals surface area contributed by atoms with Crippen LogP contribution in [0.15, 0.2) is 0 Å². The molecule has 0 amide bonds. The summed E-state index contributed by atoms with van der Waals surface area (Å²) in [5, 5.41) is 2.76. The molecule has 0 saturated heterocycles. The van der Waals surface area contributed by atoms with Crippen LogP contribution in [0.4, 0.5) is 0 Å². The van der Waals surface area contributed by atoms with E-state index in [0.717, 1.165) is 6.54 Å². The molecule has 2 N–H and O–H groups in total. The Labute approximate surface area is 124 Å². The quantitative estimate of drug-likeness (QED) is 0.671. The molecule has 20 heavy (non-hydrogen) atoms. The van der Waals surface area contributed by atoms with Crippen molar-refractivity contribution in [1.82, 2.24) is 14.9 Å². The second-order valence-electron chi connectivity index (χ2n) is 6.23. The molecule has 1 rings (SSSR count). The molecular formula is C14H31N3O2S. The number of nitrogens with one attached hydrogen (secondary N) is 2. The van der Waals surface area contributed by atoms with Crippen molar-refractivity contribution < 1.29 is 8.42 Å². The van der Waals surface area contributed by atoms with E-state index in [1.54, 1.807) is 6.92 Å². The van der Waals surface area contributed by atoms with E-state index < -0.39 is 15.3 Å². The lowest BCUT2D eigenvalue weighted by Gasteiger charge is -2.24. The van der Waals surface area contributed by atoms with Gasteiger partial charge in [-0.3, -0.25) is 0 Å². The Morgan fingerprint density at radius 3 is 2.35 bits per heavy atom. The number of nitrogens with zero attached hydrogens (tertiary/aromatic N) is 1. The monoisotopic (exact) mass is 305 g/mol. The van der Waals surface area contributed by atoms with Crippen LogP contribution in [0.2, 0.25) is 0 Å². The summed E-state index contributed by atoms with van der Waals surface area (Å²) >= 11 is 0. The Morgan fingerprint density at radius 2 is 1.80 bits per heavy atom. The molecule has 0 bridgehead atoms. The summed E-state index contributed by atoms with van der Waals surface area (Å²) in [5.41, 5.74) is 0. The van der Waals surface area contributed by atoms with Crippen LogP contribution in [-0.2, 0) is 10.0 Å². The molecule has 0 radical (unpaired) electrons. The molecule has 1 aliphatic rings. The van der Waals surface area contributed by atoms with Crippen LogP contribution in [0.5, 0.6) is 0 Å². The van der Waals surface area contributed by atoms with Crippen molar-refractivity contribution >= 4 is 10.0 Å². The van der Waals surface area contributed by atoms with Gasteiger partial charge in [-0.25, -0.2) is 13.1 Å². The zero-order valence-electron chi connectivity index (χ0n) is 13.4. The van der Waals surface area contributed by atoms with Crippen LogP contribution in [0.25, 0.3) is 0 Å². The van der Waals surface area contributed by atoms with Gasteiger partial charge in [-0.1, -0.05) is 26.7 Å². The molecule has 0 spiro atoms. The third-order valence-corrected chi connectivity index (χ3v) is 5.89. The van der Waals surface area contributed by atoms with Gasteiger partial charge in [0, 0.05) is 31.7 Å². The van der Waals surface area contributed by atoms with Crippen LogP contribution in [0, 0.1) is 0 Å². The third kappa shape index (κ3) is 6.08. The summed E-state index contributed by atoms with van der Waals surface area (Å²) in [6.07, 6.45) is 5.10. The molecule has 5 nitrogen and oxygen atoms in total. The van der Waals surface area contributed by atoms with Crippen LogP contribution in [0.1, 0.15) is 46.5 Å². The van der Waals surface area contributed by atoms with E-state index in [1.165, 1.54) is 25.7 Å². The molecule has 0 aromatic rings. The number of sulfonamides is 1. The van der Waals surface area contributed by atoms with Crippen molar-refractivity contribution in [2.24, 2.45) is 0 Å². The smallest absolute Gasteiger partial charge is 0.215 e. The topological polar surface area (TPSA) is 61.4 Å². The Hall–Kier alpha value is -0.170. The zero-order chi connectivity index (χ0) is 15.2. The normalized spacial score (nSPS) is 19.1. The maximum absolute atomic E-state index is 12.1. The van der Waals surface area contributed by atoms with Crippen molar-refractivity contribution in [3.8, 4) is 0 Å². The molecule has 0 aromatic carbocycles. The second-order valence-corrected chi connectivity index (χ2v) is 8.42. The van der Waals surface area contributed by atoms with E-state index in [1.807, 2.05) is 13.8 Å². The lowest BCUT2D eigenvalue weighted by molar-refractivity contribution is 0.249. The Bertz CT molecular complexity index is 365. The highest BCUT2D eigenvalue weighted by molar-refractivity contribution is 7.90. The predicted octanol–water partition coefficient (Wildman–Crippen LogP) is 1.17. The minimum absolute atomic E-state index is 0.307. The van der Waals surface area contributed by atoms with Gasteiger partial charge in [0.1, 0.15) is 0 Å². The first-order chi connectivity index (χ1) is 9.33. The van der Waals surface area contributed by atoms with Crippen molar-refractivity contribution in [3.63, 3.8) is 0 Å². The summed E-state index contributed by atoms with van der Waals surface area (Å²) in [4.78, 5) is 2.28. The number of likely N-dealkylation sites (N-methyl/N-ethyl adjacent to an activating group) is 1. The maximum atomic E-state index is 12.1. The minimum Gasteiger partial charge on any atom is -0.313 e. The molecule has 1 unspecified atom stereocenters. The first-order valence-electron chi connectivity index (χ1n) is 7.75. The van der Waals surface area contributed by atoms with Gasteiger partial charge in [0.05, 0.1) is 5.25 Å². The highest BCUT2D eigenvalue weighted by Gasteiger charge is 2.22. The lowest BCUT2D eigenvalue weighted by Crippen LogP contribution is -2.43. The van der Waals surface area contributed by atoms with Crippen LogP contribution < -0.4 is 10.0 Å². The highest BCUT2D eigenvalue weighted by Crippen LogP contribution is 2.21. The third-order valence-electron chi connectivity index (χ3n) is 4.06. The molecule has 6 heteroatoms. The van der Waals surface area contributed by atoms with Crippen molar-refractivity contribution in [1.29, 1.82) is 0 Å². The van der Waals surface area contributed by atoms with Crippen molar-refractivity contribution in [2.75, 3.05) is 26.7 Å². The van der Waals surface area contributed by atoms with E-state index in [9.17, 15) is 8.42 Å². The van der Waals surface area contributed by atoms with E-state index in [4.69, 9.17) is 0 Å². The van der Waals surface area contributed by atoms with E-state index in [2.05, 4.69) is 22.0 Å².